The van der Waals surface area contributed by atoms with Crippen LogP contribution in [0.2, 0.25) is 3.63 Å². The van der Waals surface area contributed by atoms with Gasteiger partial charge in [0.25, 0.3) is 0 Å². The topological polar surface area (TPSA) is 0 Å². The molecule has 0 saturated heterocycles. The zero-order valence-corrected chi connectivity index (χ0v) is 34.2. The molecule has 0 aliphatic heterocycles. The van der Waals surface area contributed by atoms with Gasteiger partial charge in [-0.05, 0) is 0 Å². The molecule has 0 N–H and O–H groups in total. The van der Waals surface area contributed by atoms with Crippen molar-refractivity contribution in [3.63, 3.8) is 0 Å². The van der Waals surface area contributed by atoms with Crippen molar-refractivity contribution in [2.24, 2.45) is 0 Å². The van der Waals surface area contributed by atoms with Gasteiger partial charge in [0.15, 0.2) is 0 Å². The molecule has 238 valence electrons. The van der Waals surface area contributed by atoms with E-state index >= 15 is 0 Å². The first kappa shape index (κ1) is 36.9. The summed E-state index contributed by atoms with van der Waals surface area (Å²) in [6, 6.07) is 27.0. The van der Waals surface area contributed by atoms with Crippen molar-refractivity contribution in [1.29, 1.82) is 0 Å². The second-order valence-corrected chi connectivity index (χ2v) is 28.9. The molecule has 4 aromatic rings. The Bertz CT molecular complexity index is 1800. The molecule has 0 unspecified atom stereocenters. The number of hydrogen-bond donors (Lipinski definition) is 0. The Morgan fingerprint density at radius 3 is 1.59 bits per heavy atom. The third-order valence-electron chi connectivity index (χ3n) is 9.72. The Balaban J connectivity index is 0.00000240. The first-order valence-corrected chi connectivity index (χ1v) is 24.1. The first-order valence-electron chi connectivity index (χ1n) is 16.3. The molecule has 6 rings (SSSR count). The fourth-order valence-corrected chi connectivity index (χ4v) is 29.6. The average Bonchev–Trinajstić information content (AvgIpc) is 3.59. The van der Waals surface area contributed by atoms with E-state index in [0.717, 1.165) is 6.42 Å². The maximum absolute atomic E-state index is 2.60. The van der Waals surface area contributed by atoms with Crippen LogP contribution in [0.4, 0.5) is 0 Å². The van der Waals surface area contributed by atoms with Gasteiger partial charge < -0.3 is 24.8 Å². The van der Waals surface area contributed by atoms with Crippen molar-refractivity contribution in [2.75, 3.05) is 0 Å². The third-order valence-corrected chi connectivity index (χ3v) is 29.3. The molecule has 2 aliphatic carbocycles. The summed E-state index contributed by atoms with van der Waals surface area (Å²) >= 11 is -2.55. The average molecular weight is 743 g/mol. The van der Waals surface area contributed by atoms with Gasteiger partial charge in [0.1, 0.15) is 0 Å². The number of halogens is 2. The minimum absolute atomic E-state index is 0. The molecule has 0 atom stereocenters. The van der Waals surface area contributed by atoms with E-state index in [1.165, 1.54) is 44.5 Å². The summed E-state index contributed by atoms with van der Waals surface area (Å²) in [5.41, 5.74) is 14.1. The van der Waals surface area contributed by atoms with Crippen molar-refractivity contribution in [2.45, 2.75) is 90.1 Å². The number of aryl methyl sites for hydroxylation is 3. The molecule has 0 nitrogen and oxygen atoms in total. The second kappa shape index (κ2) is 13.9. The van der Waals surface area contributed by atoms with E-state index in [9.17, 15) is 0 Å². The summed E-state index contributed by atoms with van der Waals surface area (Å²) in [5.74, 6) is 0. The van der Waals surface area contributed by atoms with Crippen molar-refractivity contribution >= 4 is 19.1 Å². The van der Waals surface area contributed by atoms with E-state index in [0.29, 0.717) is 3.63 Å². The van der Waals surface area contributed by atoms with Crippen molar-refractivity contribution in [3.05, 3.63) is 136 Å². The molecule has 4 heteroatoms. The standard InChI is InChI=1S/C23H29.C14H14Si.C5H5.2ClH.Zr/c1-14-9-16-11-17-10-15(2)21(23(6,7)8)13-19(17)18(16)12-20(14)22(3,4)5;1-11-3-7-13(8-4-11)15-14-9-5-12(2)6-10-14;1-2-4-5-3-1;;;/h9,12-13H,11H2,1-8H3;3-10H,1-2H3;1-5H;2*1H;/q;;;;;+2/p-2. The second-order valence-electron chi connectivity index (χ2n) is 15.3. The Hall–Kier alpha value is -1.96. The zero-order valence-electron chi connectivity index (χ0n) is 29.2. The van der Waals surface area contributed by atoms with Crippen LogP contribution in [0, 0.1) is 27.7 Å². The maximum atomic E-state index is 2.60. The Labute approximate surface area is 298 Å². The van der Waals surface area contributed by atoms with Crippen LogP contribution in [-0.4, -0.2) is 5.43 Å². The molecule has 0 aromatic heterocycles. The van der Waals surface area contributed by atoms with Crippen LogP contribution in [0.5, 0.6) is 0 Å². The number of allylic oxidation sites excluding steroid dienone is 4. The summed E-state index contributed by atoms with van der Waals surface area (Å²) in [6.07, 6.45) is 10.8. The van der Waals surface area contributed by atoms with Crippen molar-refractivity contribution < 1.29 is 45.2 Å². The third kappa shape index (κ3) is 6.94. The first-order chi connectivity index (χ1) is 20.7. The van der Waals surface area contributed by atoms with E-state index in [1.807, 2.05) is 0 Å². The number of fused-ring (bicyclic) bond motifs is 3. The van der Waals surface area contributed by atoms with Crippen LogP contribution < -0.4 is 38.5 Å². The fourth-order valence-electron chi connectivity index (χ4n) is 7.57. The van der Waals surface area contributed by atoms with Gasteiger partial charge in [-0.15, -0.1) is 0 Å². The van der Waals surface area contributed by atoms with E-state index in [2.05, 4.69) is 160 Å². The zero-order chi connectivity index (χ0) is 31.6. The van der Waals surface area contributed by atoms with Gasteiger partial charge in [-0.3, -0.25) is 0 Å². The van der Waals surface area contributed by atoms with Crippen LogP contribution >= 0.6 is 0 Å². The molecule has 0 saturated carbocycles. The smallest absolute Gasteiger partial charge is 1.00 e. The molecule has 0 radical (unpaired) electrons. The molecule has 0 bridgehead atoms. The minimum Gasteiger partial charge on any atom is -1.00 e. The van der Waals surface area contributed by atoms with Gasteiger partial charge in [0.05, 0.1) is 0 Å². The molecule has 0 amide bonds. The maximum Gasteiger partial charge on any atom is -1.00 e. The molecule has 0 spiro atoms. The quantitative estimate of drug-likeness (QED) is 0.249. The van der Waals surface area contributed by atoms with Gasteiger partial charge in [0.2, 0.25) is 0 Å². The summed E-state index contributed by atoms with van der Waals surface area (Å²) < 4.78 is 2.36. The SMILES string of the molecule is Cc1ccc([Si](c2ccc(C)cc2)=[Zr+2]([c]2c(C)c(C(C)(C)C)cc3c2Cc2cc(C)c(C(C)(C)C)cc2-3)[CH]2C=CC=C2)cc1.[Cl-].[Cl-]. The monoisotopic (exact) mass is 740 g/mol. The Kier molecular flexibility index (Phi) is 11.1. The minimum atomic E-state index is -2.55. The molecule has 0 fully saturated rings. The normalized spacial score (nSPS) is 13.4. The van der Waals surface area contributed by atoms with Gasteiger partial charge in [-0.25, -0.2) is 0 Å². The van der Waals surface area contributed by atoms with Gasteiger partial charge in [-0.2, -0.15) is 0 Å². The number of benzene rings is 4. The predicted molar refractivity (Wildman–Crippen MR) is 191 cm³/mol. The number of rotatable bonds is 4. The Morgan fingerprint density at radius 2 is 1.11 bits per heavy atom. The van der Waals surface area contributed by atoms with Crippen LogP contribution in [0.25, 0.3) is 11.1 Å². The summed E-state index contributed by atoms with van der Waals surface area (Å²) in [6.45, 7) is 23.6. The molecule has 46 heavy (non-hydrogen) atoms. The van der Waals surface area contributed by atoms with Crippen LogP contribution in [0.1, 0.15) is 86.1 Å². The van der Waals surface area contributed by atoms with E-state index in [-0.39, 0.29) is 35.6 Å². The van der Waals surface area contributed by atoms with E-state index in [1.54, 1.807) is 24.8 Å². The summed E-state index contributed by atoms with van der Waals surface area (Å²) in [4.78, 5) is 0. The molecular weight excluding hydrogens is 695 g/mol. The van der Waals surface area contributed by atoms with Crippen molar-refractivity contribution in [1.82, 2.24) is 0 Å². The van der Waals surface area contributed by atoms with E-state index in [4.69, 9.17) is 0 Å². The van der Waals surface area contributed by atoms with Gasteiger partial charge in [0, 0.05) is 0 Å². The predicted octanol–water partition coefficient (Wildman–Crippen LogP) is 3.06. The van der Waals surface area contributed by atoms with Crippen LogP contribution in [-0.2, 0) is 37.6 Å². The summed E-state index contributed by atoms with van der Waals surface area (Å²) in [7, 11) is 0. The molecule has 0 heterocycles. The molecule has 4 aromatic carbocycles. The largest absolute Gasteiger partial charge is 1.00 e. The summed E-state index contributed by atoms with van der Waals surface area (Å²) in [5, 5.41) is 3.17. The molecular formula is C42H48Cl2SiZr. The van der Waals surface area contributed by atoms with Crippen LogP contribution in [0.15, 0.2) is 91.0 Å². The molecule has 2 aliphatic rings. The van der Waals surface area contributed by atoms with E-state index < -0.39 is 25.8 Å². The van der Waals surface area contributed by atoms with Gasteiger partial charge >= 0.3 is 276 Å². The Morgan fingerprint density at radius 1 is 0.630 bits per heavy atom. The van der Waals surface area contributed by atoms with Crippen LogP contribution in [0.3, 0.4) is 0 Å². The fraction of sp³-hybridized carbons (Fsp3) is 0.333. The van der Waals surface area contributed by atoms with Gasteiger partial charge in [-0.1, -0.05) is 0 Å². The van der Waals surface area contributed by atoms with Crippen molar-refractivity contribution in [3.8, 4) is 11.1 Å². The number of hydrogen-bond acceptors (Lipinski definition) is 0.